The van der Waals surface area contributed by atoms with Crippen LogP contribution in [-0.4, -0.2) is 48.1 Å². The standard InChI is InChI=1S/C16H18N2O4S/c19-14-5-8-23-13-4-3-11(9-12(13)17-14)16(21)22-10-15(20)18-6-1-2-7-18/h3-4,9H,1-2,5-8,10H2,(H,17,19). The summed E-state index contributed by atoms with van der Waals surface area (Å²) >= 11 is 1.57. The van der Waals surface area contributed by atoms with Gasteiger partial charge in [-0.3, -0.25) is 9.59 Å². The maximum atomic E-state index is 12.1. The van der Waals surface area contributed by atoms with E-state index < -0.39 is 5.97 Å². The molecule has 2 aliphatic rings. The SMILES string of the molecule is O=C1CCSc2ccc(C(=O)OCC(=O)N3CCCC3)cc2N1. The van der Waals surface area contributed by atoms with Crippen LogP contribution < -0.4 is 5.32 Å². The largest absolute Gasteiger partial charge is 0.452 e. The highest BCUT2D eigenvalue weighted by atomic mass is 32.2. The van der Waals surface area contributed by atoms with Crippen LogP contribution in [0.25, 0.3) is 0 Å². The summed E-state index contributed by atoms with van der Waals surface area (Å²) in [7, 11) is 0. The van der Waals surface area contributed by atoms with Crippen molar-refractivity contribution in [3.8, 4) is 0 Å². The number of carbonyl (C=O) groups is 3. The number of ether oxygens (including phenoxy) is 1. The van der Waals surface area contributed by atoms with Crippen LogP contribution in [-0.2, 0) is 14.3 Å². The van der Waals surface area contributed by atoms with Crippen molar-refractivity contribution in [3.05, 3.63) is 23.8 Å². The van der Waals surface area contributed by atoms with Crippen LogP contribution >= 0.6 is 11.8 Å². The van der Waals surface area contributed by atoms with Crippen molar-refractivity contribution >= 4 is 35.2 Å². The highest BCUT2D eigenvalue weighted by Gasteiger charge is 2.20. The number of rotatable bonds is 3. The molecule has 2 heterocycles. The second-order valence-corrected chi connectivity index (χ2v) is 6.66. The summed E-state index contributed by atoms with van der Waals surface area (Å²) in [6, 6.07) is 5.06. The van der Waals surface area contributed by atoms with Crippen LogP contribution in [0, 0.1) is 0 Å². The van der Waals surface area contributed by atoms with E-state index >= 15 is 0 Å². The van der Waals surface area contributed by atoms with Crippen molar-refractivity contribution in [2.24, 2.45) is 0 Å². The van der Waals surface area contributed by atoms with Crippen LogP contribution in [0.15, 0.2) is 23.1 Å². The maximum Gasteiger partial charge on any atom is 0.338 e. The van der Waals surface area contributed by atoms with E-state index in [1.165, 1.54) is 0 Å². The fourth-order valence-electron chi connectivity index (χ4n) is 2.62. The van der Waals surface area contributed by atoms with E-state index in [1.807, 2.05) is 0 Å². The molecule has 1 aromatic rings. The van der Waals surface area contributed by atoms with E-state index in [9.17, 15) is 14.4 Å². The Labute approximate surface area is 138 Å². The zero-order chi connectivity index (χ0) is 16.2. The van der Waals surface area contributed by atoms with Crippen molar-refractivity contribution in [1.29, 1.82) is 0 Å². The number of esters is 1. The predicted octanol–water partition coefficient (Wildman–Crippen LogP) is 1.90. The number of nitrogens with one attached hydrogen (secondary N) is 1. The van der Waals surface area contributed by atoms with Gasteiger partial charge < -0.3 is 15.0 Å². The second-order valence-electron chi connectivity index (χ2n) is 5.52. The van der Waals surface area contributed by atoms with E-state index in [4.69, 9.17) is 4.74 Å². The van der Waals surface area contributed by atoms with Crippen LogP contribution in [0.5, 0.6) is 0 Å². The van der Waals surface area contributed by atoms with Gasteiger partial charge in [0.05, 0.1) is 11.3 Å². The molecule has 2 aliphatic heterocycles. The van der Waals surface area contributed by atoms with Gasteiger partial charge in [0.25, 0.3) is 5.91 Å². The summed E-state index contributed by atoms with van der Waals surface area (Å²) in [6.45, 7) is 1.23. The first-order chi connectivity index (χ1) is 11.1. The van der Waals surface area contributed by atoms with Gasteiger partial charge in [-0.1, -0.05) is 0 Å². The number of benzene rings is 1. The van der Waals surface area contributed by atoms with Crippen LogP contribution in [0.1, 0.15) is 29.6 Å². The molecule has 2 amide bonds. The Balaban J connectivity index is 1.63. The molecular weight excluding hydrogens is 316 g/mol. The minimum Gasteiger partial charge on any atom is -0.452 e. The Morgan fingerprint density at radius 1 is 1.26 bits per heavy atom. The molecule has 23 heavy (non-hydrogen) atoms. The monoisotopic (exact) mass is 334 g/mol. The van der Waals surface area contributed by atoms with Gasteiger partial charge in [-0.2, -0.15) is 0 Å². The summed E-state index contributed by atoms with van der Waals surface area (Å²) in [5.74, 6) is -0.0586. The van der Waals surface area contributed by atoms with Gasteiger partial charge in [0, 0.05) is 30.2 Å². The molecule has 122 valence electrons. The van der Waals surface area contributed by atoms with Crippen molar-refractivity contribution in [2.75, 3.05) is 30.8 Å². The third-order valence-corrected chi connectivity index (χ3v) is 4.94. The average Bonchev–Trinajstić information content (AvgIpc) is 3.01. The zero-order valence-corrected chi connectivity index (χ0v) is 13.5. The minimum absolute atomic E-state index is 0.0639. The number of hydrogen-bond donors (Lipinski definition) is 1. The predicted molar refractivity (Wildman–Crippen MR) is 86.5 cm³/mol. The maximum absolute atomic E-state index is 12.1. The highest BCUT2D eigenvalue weighted by Crippen LogP contribution is 2.31. The molecule has 0 spiro atoms. The lowest BCUT2D eigenvalue weighted by atomic mass is 10.2. The van der Waals surface area contributed by atoms with E-state index in [1.54, 1.807) is 34.9 Å². The van der Waals surface area contributed by atoms with Crippen molar-refractivity contribution in [2.45, 2.75) is 24.2 Å². The lowest BCUT2D eigenvalue weighted by Gasteiger charge is -2.15. The van der Waals surface area contributed by atoms with E-state index in [0.29, 0.717) is 23.4 Å². The van der Waals surface area contributed by atoms with Crippen LogP contribution in [0.3, 0.4) is 0 Å². The van der Waals surface area contributed by atoms with Gasteiger partial charge in [0.2, 0.25) is 5.91 Å². The number of amides is 2. The first-order valence-corrected chi connectivity index (χ1v) is 8.63. The molecule has 7 heteroatoms. The number of nitrogens with zero attached hydrogens (tertiary/aromatic N) is 1. The number of carbonyl (C=O) groups excluding carboxylic acids is 3. The van der Waals surface area contributed by atoms with Crippen molar-refractivity contribution in [1.82, 2.24) is 4.90 Å². The van der Waals surface area contributed by atoms with Gasteiger partial charge in [0.15, 0.2) is 6.61 Å². The van der Waals surface area contributed by atoms with Gasteiger partial charge in [-0.25, -0.2) is 4.79 Å². The highest BCUT2D eigenvalue weighted by molar-refractivity contribution is 7.99. The molecule has 0 bridgehead atoms. The zero-order valence-electron chi connectivity index (χ0n) is 12.7. The third kappa shape index (κ3) is 3.85. The van der Waals surface area contributed by atoms with E-state index in [-0.39, 0.29) is 18.4 Å². The smallest absolute Gasteiger partial charge is 0.338 e. The topological polar surface area (TPSA) is 75.7 Å². The molecule has 1 aromatic carbocycles. The van der Waals surface area contributed by atoms with Gasteiger partial charge in [-0.05, 0) is 31.0 Å². The molecule has 0 saturated carbocycles. The summed E-state index contributed by atoms with van der Waals surface area (Å²) in [5.41, 5.74) is 0.957. The van der Waals surface area contributed by atoms with Crippen LogP contribution in [0.2, 0.25) is 0 Å². The fraction of sp³-hybridized carbons (Fsp3) is 0.438. The molecule has 0 unspecified atom stereocenters. The first kappa shape index (κ1) is 15.9. The van der Waals surface area contributed by atoms with Gasteiger partial charge in [-0.15, -0.1) is 11.8 Å². The van der Waals surface area contributed by atoms with Crippen LogP contribution in [0.4, 0.5) is 5.69 Å². The van der Waals surface area contributed by atoms with E-state index in [0.717, 1.165) is 30.8 Å². The number of thioether (sulfide) groups is 1. The second kappa shape index (κ2) is 7.04. The van der Waals surface area contributed by atoms with Crippen molar-refractivity contribution < 1.29 is 19.1 Å². The van der Waals surface area contributed by atoms with E-state index in [2.05, 4.69) is 5.32 Å². The Hall–Kier alpha value is -2.02. The quantitative estimate of drug-likeness (QED) is 0.855. The summed E-state index contributed by atoms with van der Waals surface area (Å²) in [5, 5.41) is 2.78. The summed E-state index contributed by atoms with van der Waals surface area (Å²) in [4.78, 5) is 38.2. The molecule has 1 N–H and O–H groups in total. The molecule has 0 atom stereocenters. The minimum atomic E-state index is -0.552. The first-order valence-electron chi connectivity index (χ1n) is 7.65. The van der Waals surface area contributed by atoms with Gasteiger partial charge >= 0.3 is 5.97 Å². The summed E-state index contributed by atoms with van der Waals surface area (Å²) < 4.78 is 5.10. The molecule has 0 aliphatic carbocycles. The van der Waals surface area contributed by atoms with Gasteiger partial charge in [0.1, 0.15) is 0 Å². The normalized spacial score (nSPS) is 17.2. The number of fused-ring (bicyclic) bond motifs is 1. The molecule has 0 radical (unpaired) electrons. The Kier molecular flexibility index (Phi) is 4.85. The number of likely N-dealkylation sites (tertiary alicyclic amines) is 1. The average molecular weight is 334 g/mol. The number of hydrogen-bond acceptors (Lipinski definition) is 5. The molecule has 0 aromatic heterocycles. The lowest BCUT2D eigenvalue weighted by Crippen LogP contribution is -2.32. The fourth-order valence-corrected chi connectivity index (χ4v) is 3.55. The molecule has 1 fully saturated rings. The molecule has 3 rings (SSSR count). The Morgan fingerprint density at radius 3 is 2.83 bits per heavy atom. The Bertz CT molecular complexity index is 641. The number of anilines is 1. The molecular formula is C16H18N2O4S. The molecule has 6 nitrogen and oxygen atoms in total. The lowest BCUT2D eigenvalue weighted by molar-refractivity contribution is -0.133. The van der Waals surface area contributed by atoms with Crippen molar-refractivity contribution in [3.63, 3.8) is 0 Å². The summed E-state index contributed by atoms with van der Waals surface area (Å²) in [6.07, 6.45) is 2.45. The third-order valence-electron chi connectivity index (χ3n) is 3.86. The molecule has 1 saturated heterocycles. The Morgan fingerprint density at radius 2 is 2.04 bits per heavy atom.